The van der Waals surface area contributed by atoms with Gasteiger partial charge in [0.05, 0.1) is 16.7 Å². The normalized spacial score (nSPS) is 53.6. The molecule has 1 spiro atoms. The SMILES string of the molecule is O=C1OC2C(Br)C23CCC1C3C(=O)O. The van der Waals surface area contributed by atoms with Crippen molar-refractivity contribution >= 4 is 27.9 Å². The first-order chi connectivity index (χ1) is 6.59. The van der Waals surface area contributed by atoms with Crippen molar-refractivity contribution in [2.45, 2.75) is 23.8 Å². The molecule has 2 bridgehead atoms. The van der Waals surface area contributed by atoms with E-state index < -0.39 is 17.8 Å². The molecule has 1 heterocycles. The number of esters is 1. The van der Waals surface area contributed by atoms with Gasteiger partial charge in [-0.1, -0.05) is 15.9 Å². The average molecular weight is 261 g/mol. The number of halogens is 1. The van der Waals surface area contributed by atoms with Crippen molar-refractivity contribution in [1.82, 2.24) is 0 Å². The Morgan fingerprint density at radius 3 is 3.00 bits per heavy atom. The van der Waals surface area contributed by atoms with Crippen molar-refractivity contribution < 1.29 is 19.4 Å². The highest BCUT2D eigenvalue weighted by molar-refractivity contribution is 9.09. The summed E-state index contributed by atoms with van der Waals surface area (Å²) in [5.74, 6) is -2.11. The standard InChI is InChI=1S/C9H9BrO4/c10-5-6-9(5)2-1-3(8(13)14-6)4(9)7(11)12/h3-6H,1-2H2,(H,11,12). The first kappa shape index (κ1) is 8.71. The van der Waals surface area contributed by atoms with Crippen LogP contribution in [0, 0.1) is 17.3 Å². The van der Waals surface area contributed by atoms with Crippen LogP contribution in [0.15, 0.2) is 0 Å². The van der Waals surface area contributed by atoms with Crippen LogP contribution >= 0.6 is 15.9 Å². The highest BCUT2D eigenvalue weighted by Gasteiger charge is 2.79. The second kappa shape index (κ2) is 2.32. The van der Waals surface area contributed by atoms with Gasteiger partial charge in [-0.3, -0.25) is 9.59 Å². The van der Waals surface area contributed by atoms with Crippen LogP contribution in [0.5, 0.6) is 0 Å². The Morgan fingerprint density at radius 2 is 2.36 bits per heavy atom. The Balaban J connectivity index is 2.06. The molecule has 0 amide bonds. The van der Waals surface area contributed by atoms with Crippen LogP contribution in [0.4, 0.5) is 0 Å². The van der Waals surface area contributed by atoms with E-state index in [1.807, 2.05) is 0 Å². The van der Waals surface area contributed by atoms with Gasteiger partial charge in [0.2, 0.25) is 0 Å². The summed E-state index contributed by atoms with van der Waals surface area (Å²) in [7, 11) is 0. The topological polar surface area (TPSA) is 63.6 Å². The summed E-state index contributed by atoms with van der Waals surface area (Å²) in [6.45, 7) is 0. The molecule has 14 heavy (non-hydrogen) atoms. The Labute approximate surface area is 88.7 Å². The first-order valence-electron chi connectivity index (χ1n) is 4.66. The summed E-state index contributed by atoms with van der Waals surface area (Å²) >= 11 is 3.41. The number of ether oxygens (including phenoxy) is 1. The van der Waals surface area contributed by atoms with E-state index in [2.05, 4.69) is 15.9 Å². The Kier molecular flexibility index (Phi) is 1.44. The number of carbonyl (C=O) groups excluding carboxylic acids is 1. The number of fused-ring (bicyclic) bond motifs is 1. The van der Waals surface area contributed by atoms with Crippen LogP contribution in [0.2, 0.25) is 0 Å². The fourth-order valence-electron chi connectivity index (χ4n) is 3.15. The second-order valence-corrected chi connectivity index (χ2v) is 5.32. The van der Waals surface area contributed by atoms with Gasteiger partial charge in [-0.15, -0.1) is 0 Å². The fourth-order valence-corrected chi connectivity index (χ4v) is 4.37. The van der Waals surface area contributed by atoms with Crippen LogP contribution in [-0.4, -0.2) is 28.0 Å². The highest BCUT2D eigenvalue weighted by Crippen LogP contribution is 2.70. The third kappa shape index (κ3) is 0.723. The lowest BCUT2D eigenvalue weighted by Crippen LogP contribution is -2.38. The van der Waals surface area contributed by atoms with Crippen LogP contribution in [-0.2, 0) is 14.3 Å². The van der Waals surface area contributed by atoms with Crippen molar-refractivity contribution in [1.29, 1.82) is 0 Å². The number of carboxylic acids is 1. The van der Waals surface area contributed by atoms with Gasteiger partial charge in [-0.05, 0) is 12.8 Å². The number of rotatable bonds is 1. The molecule has 5 heteroatoms. The third-order valence-corrected chi connectivity index (χ3v) is 5.21. The number of carboxylic acid groups (broad SMARTS) is 1. The lowest BCUT2D eigenvalue weighted by Gasteiger charge is -2.24. The predicted octanol–water partition coefficient (Wildman–Crippen LogP) is 0.786. The number of carbonyl (C=O) groups is 2. The van der Waals surface area contributed by atoms with Gasteiger partial charge < -0.3 is 9.84 Å². The van der Waals surface area contributed by atoms with E-state index in [1.165, 1.54) is 0 Å². The van der Waals surface area contributed by atoms with Gasteiger partial charge in [-0.2, -0.15) is 0 Å². The van der Waals surface area contributed by atoms with Crippen LogP contribution in [0.1, 0.15) is 12.8 Å². The van der Waals surface area contributed by atoms with Crippen LogP contribution in [0.25, 0.3) is 0 Å². The fraction of sp³-hybridized carbons (Fsp3) is 0.778. The van der Waals surface area contributed by atoms with Gasteiger partial charge in [0.1, 0.15) is 6.10 Å². The molecule has 76 valence electrons. The summed E-state index contributed by atoms with van der Waals surface area (Å²) in [4.78, 5) is 22.6. The molecule has 4 nitrogen and oxygen atoms in total. The Bertz CT molecular complexity index is 342. The zero-order valence-electron chi connectivity index (χ0n) is 7.27. The molecule has 1 saturated heterocycles. The summed E-state index contributed by atoms with van der Waals surface area (Å²) < 4.78 is 5.18. The minimum Gasteiger partial charge on any atom is -0.481 e. The van der Waals surface area contributed by atoms with E-state index in [9.17, 15) is 9.59 Å². The van der Waals surface area contributed by atoms with E-state index in [1.54, 1.807) is 0 Å². The van der Waals surface area contributed by atoms with E-state index in [0.29, 0.717) is 6.42 Å². The molecule has 0 radical (unpaired) electrons. The van der Waals surface area contributed by atoms with E-state index in [4.69, 9.17) is 9.84 Å². The number of hydrogen-bond donors (Lipinski definition) is 1. The molecule has 0 aromatic heterocycles. The average Bonchev–Trinajstić information content (AvgIpc) is 2.60. The molecule has 1 N–H and O–H groups in total. The lowest BCUT2D eigenvalue weighted by molar-refractivity contribution is -0.166. The van der Waals surface area contributed by atoms with Gasteiger partial charge >= 0.3 is 11.9 Å². The van der Waals surface area contributed by atoms with E-state index in [0.717, 1.165) is 6.42 Å². The number of alkyl halides is 1. The number of hydrogen-bond acceptors (Lipinski definition) is 3. The molecule has 2 aliphatic carbocycles. The summed E-state index contributed by atoms with van der Waals surface area (Å²) in [6.07, 6.45) is 1.25. The molecular formula is C9H9BrO4. The second-order valence-electron chi connectivity index (χ2n) is 4.33. The minimum absolute atomic E-state index is 0.0487. The van der Waals surface area contributed by atoms with Crippen molar-refractivity contribution in [2.24, 2.45) is 17.3 Å². The summed E-state index contributed by atoms with van der Waals surface area (Å²) in [6, 6.07) is 0. The lowest BCUT2D eigenvalue weighted by atomic mass is 9.85. The molecule has 1 aliphatic heterocycles. The van der Waals surface area contributed by atoms with Crippen molar-refractivity contribution in [3.05, 3.63) is 0 Å². The van der Waals surface area contributed by atoms with E-state index >= 15 is 0 Å². The van der Waals surface area contributed by atoms with Crippen LogP contribution in [0.3, 0.4) is 0 Å². The van der Waals surface area contributed by atoms with E-state index in [-0.39, 0.29) is 22.3 Å². The maximum atomic E-state index is 11.4. The van der Waals surface area contributed by atoms with Crippen molar-refractivity contribution in [3.8, 4) is 0 Å². The molecule has 5 unspecified atom stereocenters. The third-order valence-electron chi connectivity index (χ3n) is 3.88. The quantitative estimate of drug-likeness (QED) is 0.559. The largest absolute Gasteiger partial charge is 0.481 e. The maximum absolute atomic E-state index is 11.4. The van der Waals surface area contributed by atoms with Gasteiger partial charge in [0.15, 0.2) is 0 Å². The highest BCUT2D eigenvalue weighted by atomic mass is 79.9. The smallest absolute Gasteiger partial charge is 0.310 e. The zero-order chi connectivity index (χ0) is 10.1. The predicted molar refractivity (Wildman–Crippen MR) is 48.9 cm³/mol. The van der Waals surface area contributed by atoms with Gasteiger partial charge in [0, 0.05) is 5.41 Å². The summed E-state index contributed by atoms with van der Waals surface area (Å²) in [5, 5.41) is 9.12. The molecule has 0 aromatic rings. The van der Waals surface area contributed by atoms with Gasteiger partial charge in [0.25, 0.3) is 0 Å². The Hall–Kier alpha value is -0.580. The zero-order valence-corrected chi connectivity index (χ0v) is 8.86. The van der Waals surface area contributed by atoms with Gasteiger partial charge in [-0.25, -0.2) is 0 Å². The molecule has 0 aromatic carbocycles. The number of aliphatic carboxylic acids is 1. The molecular weight excluding hydrogens is 252 g/mol. The Morgan fingerprint density at radius 1 is 1.64 bits per heavy atom. The summed E-state index contributed by atoms with van der Waals surface area (Å²) in [5.41, 5.74) is -0.287. The monoisotopic (exact) mass is 260 g/mol. The molecule has 5 atom stereocenters. The molecule has 3 rings (SSSR count). The van der Waals surface area contributed by atoms with Crippen molar-refractivity contribution in [2.75, 3.05) is 0 Å². The first-order valence-corrected chi connectivity index (χ1v) is 5.58. The van der Waals surface area contributed by atoms with Crippen molar-refractivity contribution in [3.63, 3.8) is 0 Å². The molecule has 2 saturated carbocycles. The molecule has 3 aliphatic rings. The maximum Gasteiger partial charge on any atom is 0.310 e. The minimum atomic E-state index is -0.851. The molecule has 3 fully saturated rings. The van der Waals surface area contributed by atoms with Crippen LogP contribution < -0.4 is 0 Å².